The fraction of sp³-hybridized carbons (Fsp3) is 0.222. The smallest absolute Gasteiger partial charge is 0.328 e. The van der Waals surface area contributed by atoms with Crippen molar-refractivity contribution < 1.29 is 22.0 Å². The Bertz CT molecular complexity index is 551. The van der Waals surface area contributed by atoms with Crippen LogP contribution in [0.1, 0.15) is 6.92 Å². The second kappa shape index (κ2) is 5.17. The van der Waals surface area contributed by atoms with Gasteiger partial charge in [0.15, 0.2) is 4.90 Å². The third-order valence-electron chi connectivity index (χ3n) is 1.85. The van der Waals surface area contributed by atoms with Crippen molar-refractivity contribution in [3.8, 4) is 0 Å². The zero-order valence-corrected chi connectivity index (χ0v) is 10.1. The summed E-state index contributed by atoms with van der Waals surface area (Å²) in [5, 5.41) is 2.12. The molecule has 0 aliphatic rings. The van der Waals surface area contributed by atoms with Crippen molar-refractivity contribution in [2.45, 2.75) is 11.8 Å². The first-order valence-electron chi connectivity index (χ1n) is 4.83. The van der Waals surface area contributed by atoms with Gasteiger partial charge in [-0.25, -0.2) is 26.7 Å². The third-order valence-corrected chi connectivity index (χ3v) is 3.24. The van der Waals surface area contributed by atoms with Gasteiger partial charge >= 0.3 is 6.03 Å². The number of nitrogens with two attached hydrogens (primary N) is 1. The molecule has 0 unspecified atom stereocenters. The molecule has 0 saturated heterocycles. The highest BCUT2D eigenvalue weighted by atomic mass is 32.2. The average molecular weight is 279 g/mol. The second-order valence-corrected chi connectivity index (χ2v) is 4.90. The maximum Gasteiger partial charge on any atom is 0.328 e. The Balaban J connectivity index is 3.17. The molecule has 0 aliphatic carbocycles. The molecule has 0 spiro atoms. The summed E-state index contributed by atoms with van der Waals surface area (Å²) in [6.45, 7) is 1.71. The van der Waals surface area contributed by atoms with E-state index >= 15 is 0 Å². The van der Waals surface area contributed by atoms with Gasteiger partial charge in [-0.05, 0) is 19.1 Å². The Morgan fingerprint density at radius 2 is 1.83 bits per heavy atom. The molecule has 9 heteroatoms. The van der Waals surface area contributed by atoms with Crippen molar-refractivity contribution in [2.24, 2.45) is 0 Å². The van der Waals surface area contributed by atoms with E-state index in [1.54, 1.807) is 6.92 Å². The summed E-state index contributed by atoms with van der Waals surface area (Å²) in [4.78, 5) is 9.80. The normalized spacial score (nSPS) is 11.1. The number of anilines is 1. The standard InChI is InChI=1S/C9H11F2N3O3S/c1-2-13-9(15)14-18(16,17)8-6(10)3-5(12)4-7(8)11/h3-4H,2,12H2,1H3,(H2,13,14,15). The summed E-state index contributed by atoms with van der Waals surface area (Å²) in [7, 11) is -4.63. The van der Waals surface area contributed by atoms with Gasteiger partial charge in [0, 0.05) is 12.2 Å². The fourth-order valence-electron chi connectivity index (χ4n) is 1.21. The number of benzene rings is 1. The number of urea groups is 1. The molecule has 2 amide bonds. The van der Waals surface area contributed by atoms with Crippen LogP contribution in [0.5, 0.6) is 0 Å². The highest BCUT2D eigenvalue weighted by molar-refractivity contribution is 7.90. The highest BCUT2D eigenvalue weighted by Gasteiger charge is 2.26. The van der Waals surface area contributed by atoms with Gasteiger partial charge < -0.3 is 11.1 Å². The van der Waals surface area contributed by atoms with Crippen LogP contribution in [-0.4, -0.2) is 21.0 Å². The van der Waals surface area contributed by atoms with E-state index in [1.807, 2.05) is 0 Å². The van der Waals surface area contributed by atoms with Gasteiger partial charge in [0.2, 0.25) is 0 Å². The number of sulfonamides is 1. The fourth-order valence-corrected chi connectivity index (χ4v) is 2.26. The molecule has 0 saturated carbocycles. The molecule has 1 aromatic rings. The molecule has 0 aliphatic heterocycles. The van der Waals surface area contributed by atoms with Crippen LogP contribution in [0.3, 0.4) is 0 Å². The molecule has 0 atom stereocenters. The lowest BCUT2D eigenvalue weighted by Crippen LogP contribution is -2.39. The molecule has 0 radical (unpaired) electrons. The number of hydrogen-bond acceptors (Lipinski definition) is 4. The Morgan fingerprint density at radius 3 is 2.28 bits per heavy atom. The molecular weight excluding hydrogens is 268 g/mol. The minimum atomic E-state index is -4.63. The molecule has 100 valence electrons. The predicted octanol–water partition coefficient (Wildman–Crippen LogP) is 0.555. The van der Waals surface area contributed by atoms with Gasteiger partial charge in [0.25, 0.3) is 10.0 Å². The molecule has 0 heterocycles. The largest absolute Gasteiger partial charge is 0.399 e. The molecule has 6 nitrogen and oxygen atoms in total. The molecule has 0 fully saturated rings. The van der Waals surface area contributed by atoms with E-state index in [4.69, 9.17) is 5.73 Å². The van der Waals surface area contributed by atoms with Crippen molar-refractivity contribution in [3.05, 3.63) is 23.8 Å². The van der Waals surface area contributed by atoms with Crippen molar-refractivity contribution in [2.75, 3.05) is 12.3 Å². The summed E-state index contributed by atoms with van der Waals surface area (Å²) >= 11 is 0. The zero-order valence-electron chi connectivity index (χ0n) is 9.33. The van der Waals surface area contributed by atoms with Gasteiger partial charge in [0.05, 0.1) is 0 Å². The third kappa shape index (κ3) is 3.06. The van der Waals surface area contributed by atoms with Crippen molar-refractivity contribution in [1.82, 2.24) is 10.0 Å². The molecule has 4 N–H and O–H groups in total. The lowest BCUT2D eigenvalue weighted by Gasteiger charge is -2.09. The molecule has 0 bridgehead atoms. The second-order valence-electron chi connectivity index (χ2n) is 3.28. The van der Waals surface area contributed by atoms with Crippen molar-refractivity contribution >= 4 is 21.7 Å². The number of nitrogens with one attached hydrogen (secondary N) is 2. The number of hydrogen-bond donors (Lipinski definition) is 3. The maximum absolute atomic E-state index is 13.4. The Kier molecular flexibility index (Phi) is 4.07. The van der Waals surface area contributed by atoms with Crippen molar-refractivity contribution in [1.29, 1.82) is 0 Å². The Hall–Kier alpha value is -1.90. The minimum absolute atomic E-state index is 0.161. The van der Waals surface area contributed by atoms with Crippen LogP contribution in [0.2, 0.25) is 0 Å². The lowest BCUT2D eigenvalue weighted by atomic mass is 10.3. The predicted molar refractivity (Wildman–Crippen MR) is 60.2 cm³/mol. The monoisotopic (exact) mass is 279 g/mol. The highest BCUT2D eigenvalue weighted by Crippen LogP contribution is 2.21. The van der Waals surface area contributed by atoms with E-state index in [0.717, 1.165) is 0 Å². The van der Waals surface area contributed by atoms with Crippen LogP contribution in [0.25, 0.3) is 0 Å². The van der Waals surface area contributed by atoms with Crippen LogP contribution in [0, 0.1) is 11.6 Å². The Labute approximate surface area is 102 Å². The van der Waals surface area contributed by atoms with E-state index in [2.05, 4.69) is 5.32 Å². The van der Waals surface area contributed by atoms with Crippen molar-refractivity contribution in [3.63, 3.8) is 0 Å². The van der Waals surface area contributed by atoms with Crippen LogP contribution in [-0.2, 0) is 10.0 Å². The van der Waals surface area contributed by atoms with Crippen LogP contribution < -0.4 is 15.8 Å². The van der Waals surface area contributed by atoms with Gasteiger partial charge in [-0.15, -0.1) is 0 Å². The summed E-state index contributed by atoms with van der Waals surface area (Å²) in [6.07, 6.45) is 0. The van der Waals surface area contributed by atoms with Crippen LogP contribution in [0.15, 0.2) is 17.0 Å². The van der Waals surface area contributed by atoms with Gasteiger partial charge in [-0.1, -0.05) is 0 Å². The molecular formula is C9H11F2N3O3S. The first kappa shape index (κ1) is 14.2. The first-order valence-corrected chi connectivity index (χ1v) is 6.31. The summed E-state index contributed by atoms with van der Waals surface area (Å²) in [5.41, 5.74) is 4.88. The SMILES string of the molecule is CCNC(=O)NS(=O)(=O)c1c(F)cc(N)cc1F. The van der Waals surface area contributed by atoms with E-state index in [1.165, 1.54) is 4.72 Å². The number of carbonyl (C=O) groups is 1. The lowest BCUT2D eigenvalue weighted by molar-refractivity contribution is 0.246. The topological polar surface area (TPSA) is 101 Å². The van der Waals surface area contributed by atoms with E-state index in [0.29, 0.717) is 12.1 Å². The molecule has 1 aromatic carbocycles. The van der Waals surface area contributed by atoms with E-state index < -0.39 is 32.6 Å². The van der Waals surface area contributed by atoms with E-state index in [9.17, 15) is 22.0 Å². The average Bonchev–Trinajstić information content (AvgIpc) is 2.13. The van der Waals surface area contributed by atoms with E-state index in [-0.39, 0.29) is 12.2 Å². The molecule has 1 rings (SSSR count). The quantitative estimate of drug-likeness (QED) is 0.703. The first-order chi connectivity index (χ1) is 8.27. The maximum atomic E-state index is 13.4. The number of halogens is 2. The minimum Gasteiger partial charge on any atom is -0.399 e. The van der Waals surface area contributed by atoms with Gasteiger partial charge in [-0.2, -0.15) is 0 Å². The summed E-state index contributed by atoms with van der Waals surface area (Å²) in [6, 6.07) is 0.221. The number of carbonyl (C=O) groups excluding carboxylic acids is 1. The number of amides is 2. The van der Waals surface area contributed by atoms with Crippen LogP contribution in [0.4, 0.5) is 19.3 Å². The van der Waals surface area contributed by atoms with Gasteiger partial charge in [-0.3, -0.25) is 0 Å². The molecule has 18 heavy (non-hydrogen) atoms. The number of rotatable bonds is 3. The summed E-state index contributed by atoms with van der Waals surface area (Å²) < 4.78 is 51.4. The summed E-state index contributed by atoms with van der Waals surface area (Å²) in [5.74, 6) is -2.74. The van der Waals surface area contributed by atoms with Crippen LogP contribution >= 0.6 is 0 Å². The van der Waals surface area contributed by atoms with Gasteiger partial charge in [0.1, 0.15) is 11.6 Å². The number of nitrogen functional groups attached to an aromatic ring is 1. The zero-order chi connectivity index (χ0) is 13.9. The Morgan fingerprint density at radius 1 is 1.33 bits per heavy atom. The molecule has 0 aromatic heterocycles.